The molecular formula is C9H16Cl2N2O. The van der Waals surface area contributed by atoms with Gasteiger partial charge >= 0.3 is 0 Å². The van der Waals surface area contributed by atoms with Crippen molar-refractivity contribution in [2.45, 2.75) is 26.0 Å². The minimum atomic E-state index is -0.307. The third-order valence-corrected chi connectivity index (χ3v) is 1.62. The average Bonchev–Trinajstić information content (AvgIpc) is 2.03. The van der Waals surface area contributed by atoms with E-state index in [1.807, 2.05) is 12.1 Å². The lowest BCUT2D eigenvalue weighted by molar-refractivity contribution is 0.195. The first-order valence-corrected chi connectivity index (χ1v) is 4.04. The maximum Gasteiger partial charge on any atom is 0.0552 e. The fourth-order valence-electron chi connectivity index (χ4n) is 1.11. The monoisotopic (exact) mass is 238 g/mol. The molecule has 0 bridgehead atoms. The van der Waals surface area contributed by atoms with Gasteiger partial charge in [0.1, 0.15) is 0 Å². The van der Waals surface area contributed by atoms with E-state index in [4.69, 9.17) is 10.8 Å². The van der Waals surface area contributed by atoms with Crippen molar-refractivity contribution >= 4 is 24.8 Å². The van der Waals surface area contributed by atoms with Gasteiger partial charge in [0.25, 0.3) is 0 Å². The number of nitrogens with zero attached hydrogens (tertiary/aromatic N) is 1. The van der Waals surface area contributed by atoms with Gasteiger partial charge in [-0.3, -0.25) is 4.98 Å². The van der Waals surface area contributed by atoms with Crippen molar-refractivity contribution in [3.8, 4) is 0 Å². The Balaban J connectivity index is 0. The zero-order valence-electron chi connectivity index (χ0n) is 8.01. The predicted octanol–water partition coefficient (Wildman–Crippen LogP) is 1.31. The minimum Gasteiger partial charge on any atom is -0.393 e. The summed E-state index contributed by atoms with van der Waals surface area (Å²) in [5.41, 5.74) is 7.38. The van der Waals surface area contributed by atoms with Crippen LogP contribution in [0.15, 0.2) is 18.3 Å². The van der Waals surface area contributed by atoms with Crippen LogP contribution in [-0.4, -0.2) is 16.2 Å². The summed E-state index contributed by atoms with van der Waals surface area (Å²) in [5.74, 6) is 0. The van der Waals surface area contributed by atoms with Gasteiger partial charge in [-0.05, 0) is 31.0 Å². The quantitative estimate of drug-likeness (QED) is 0.835. The Kier molecular flexibility index (Phi) is 9.20. The van der Waals surface area contributed by atoms with Crippen LogP contribution in [0.25, 0.3) is 0 Å². The second kappa shape index (κ2) is 8.00. The molecular weight excluding hydrogens is 223 g/mol. The van der Waals surface area contributed by atoms with Crippen LogP contribution in [0.4, 0.5) is 0 Å². The van der Waals surface area contributed by atoms with Crippen molar-refractivity contribution < 1.29 is 5.11 Å². The summed E-state index contributed by atoms with van der Waals surface area (Å²) in [6.07, 6.45) is 2.08. The third kappa shape index (κ3) is 5.40. The fraction of sp³-hybridized carbons (Fsp3) is 0.444. The zero-order chi connectivity index (χ0) is 8.97. The lowest BCUT2D eigenvalue weighted by Crippen LogP contribution is -2.06. The fourth-order valence-corrected chi connectivity index (χ4v) is 1.11. The summed E-state index contributed by atoms with van der Waals surface area (Å²) in [6, 6.07) is 3.82. The van der Waals surface area contributed by atoms with E-state index in [0.29, 0.717) is 13.0 Å². The summed E-state index contributed by atoms with van der Waals surface area (Å²) >= 11 is 0. The Morgan fingerprint density at radius 3 is 2.64 bits per heavy atom. The van der Waals surface area contributed by atoms with Crippen molar-refractivity contribution in [2.75, 3.05) is 0 Å². The molecule has 0 aliphatic rings. The Hall–Kier alpha value is -0.350. The molecule has 0 spiro atoms. The van der Waals surface area contributed by atoms with Gasteiger partial charge in [-0.15, -0.1) is 24.8 Å². The van der Waals surface area contributed by atoms with Gasteiger partial charge in [0, 0.05) is 12.7 Å². The Bertz CT molecular complexity index is 256. The molecule has 0 amide bonds. The summed E-state index contributed by atoms with van der Waals surface area (Å²) in [6.45, 7) is 2.22. The van der Waals surface area contributed by atoms with E-state index in [9.17, 15) is 0 Å². The van der Waals surface area contributed by atoms with Crippen LogP contribution in [0.1, 0.15) is 18.2 Å². The molecule has 1 rings (SSSR count). The van der Waals surface area contributed by atoms with Crippen molar-refractivity contribution in [1.82, 2.24) is 4.98 Å². The Labute approximate surface area is 96.6 Å². The molecule has 0 aliphatic carbocycles. The number of halogens is 2. The largest absolute Gasteiger partial charge is 0.393 e. The highest BCUT2D eigenvalue weighted by atomic mass is 35.5. The van der Waals surface area contributed by atoms with Crippen molar-refractivity contribution in [1.29, 1.82) is 0 Å². The number of nitrogens with two attached hydrogens (primary N) is 1. The van der Waals surface area contributed by atoms with E-state index in [1.165, 1.54) is 0 Å². The van der Waals surface area contributed by atoms with Gasteiger partial charge < -0.3 is 10.8 Å². The minimum absolute atomic E-state index is 0. The molecule has 0 fully saturated rings. The second-order valence-corrected chi connectivity index (χ2v) is 2.91. The number of aromatic nitrogens is 1. The Morgan fingerprint density at radius 2 is 2.14 bits per heavy atom. The molecule has 3 nitrogen and oxygen atoms in total. The number of aliphatic hydroxyl groups is 1. The van der Waals surface area contributed by atoms with Gasteiger partial charge in [0.2, 0.25) is 0 Å². The molecule has 1 aromatic heterocycles. The molecule has 1 atom stereocenters. The topological polar surface area (TPSA) is 59.1 Å². The van der Waals surface area contributed by atoms with Gasteiger partial charge in [-0.2, -0.15) is 0 Å². The summed E-state index contributed by atoms with van der Waals surface area (Å²) in [5, 5.41) is 9.12. The highest BCUT2D eigenvalue weighted by molar-refractivity contribution is 5.85. The van der Waals surface area contributed by atoms with Gasteiger partial charge in [0.15, 0.2) is 0 Å². The van der Waals surface area contributed by atoms with Gasteiger partial charge in [0.05, 0.1) is 11.8 Å². The highest BCUT2D eigenvalue weighted by Crippen LogP contribution is 2.04. The molecule has 1 aromatic rings. The molecule has 0 saturated carbocycles. The van der Waals surface area contributed by atoms with Crippen molar-refractivity contribution in [3.63, 3.8) is 0 Å². The van der Waals surface area contributed by atoms with E-state index >= 15 is 0 Å². The van der Waals surface area contributed by atoms with E-state index in [1.54, 1.807) is 13.1 Å². The number of hydrogen-bond acceptors (Lipinski definition) is 3. The third-order valence-electron chi connectivity index (χ3n) is 1.62. The van der Waals surface area contributed by atoms with Gasteiger partial charge in [-0.1, -0.05) is 0 Å². The SMILES string of the molecule is CC(O)Cc1ccnc(CN)c1.Cl.Cl. The normalized spacial score (nSPS) is 11.1. The lowest BCUT2D eigenvalue weighted by atomic mass is 10.1. The first-order chi connectivity index (χ1) is 5.72. The molecule has 0 radical (unpaired) electrons. The van der Waals surface area contributed by atoms with Crippen LogP contribution in [0, 0.1) is 0 Å². The van der Waals surface area contributed by atoms with Crippen LogP contribution >= 0.6 is 24.8 Å². The number of hydrogen-bond donors (Lipinski definition) is 2. The zero-order valence-corrected chi connectivity index (χ0v) is 9.64. The van der Waals surface area contributed by atoms with Crippen molar-refractivity contribution in [2.24, 2.45) is 5.73 Å². The van der Waals surface area contributed by atoms with Crippen LogP contribution < -0.4 is 5.73 Å². The van der Waals surface area contributed by atoms with Crippen LogP contribution in [-0.2, 0) is 13.0 Å². The molecule has 82 valence electrons. The molecule has 0 aliphatic heterocycles. The van der Waals surface area contributed by atoms with Gasteiger partial charge in [-0.25, -0.2) is 0 Å². The van der Waals surface area contributed by atoms with Crippen molar-refractivity contribution in [3.05, 3.63) is 29.6 Å². The smallest absolute Gasteiger partial charge is 0.0552 e. The van der Waals surface area contributed by atoms with E-state index in [0.717, 1.165) is 11.3 Å². The maximum absolute atomic E-state index is 9.12. The maximum atomic E-state index is 9.12. The first kappa shape index (κ1) is 16.1. The molecule has 0 aromatic carbocycles. The van der Waals surface area contributed by atoms with Crippen LogP contribution in [0.3, 0.4) is 0 Å². The second-order valence-electron chi connectivity index (χ2n) is 2.91. The molecule has 3 N–H and O–H groups in total. The summed E-state index contributed by atoms with van der Waals surface area (Å²) < 4.78 is 0. The molecule has 0 saturated heterocycles. The number of pyridine rings is 1. The summed E-state index contributed by atoms with van der Waals surface area (Å²) in [7, 11) is 0. The van der Waals surface area contributed by atoms with Crippen LogP contribution in [0.5, 0.6) is 0 Å². The highest BCUT2D eigenvalue weighted by Gasteiger charge is 1.99. The molecule has 1 unspecified atom stereocenters. The summed E-state index contributed by atoms with van der Waals surface area (Å²) in [4.78, 5) is 4.06. The van der Waals surface area contributed by atoms with E-state index in [-0.39, 0.29) is 30.9 Å². The van der Waals surface area contributed by atoms with Crippen LogP contribution in [0.2, 0.25) is 0 Å². The van der Waals surface area contributed by atoms with E-state index < -0.39 is 0 Å². The molecule has 5 heteroatoms. The average molecular weight is 239 g/mol. The number of rotatable bonds is 3. The predicted molar refractivity (Wildman–Crippen MR) is 62.0 cm³/mol. The lowest BCUT2D eigenvalue weighted by Gasteiger charge is -2.04. The Morgan fingerprint density at radius 1 is 1.50 bits per heavy atom. The molecule has 1 heterocycles. The van der Waals surface area contributed by atoms with E-state index in [2.05, 4.69) is 4.98 Å². The first-order valence-electron chi connectivity index (χ1n) is 4.04. The molecule has 14 heavy (non-hydrogen) atoms. The number of aliphatic hydroxyl groups excluding tert-OH is 1. The standard InChI is InChI=1S/C9H14N2O.2ClH/c1-7(12)4-8-2-3-11-9(5-8)6-10;;/h2-3,5,7,12H,4,6,10H2,1H3;2*1H.